The molecule has 0 radical (unpaired) electrons. The van der Waals surface area contributed by atoms with Crippen LogP contribution in [0.2, 0.25) is 0 Å². The number of ether oxygens (including phenoxy) is 3. The van der Waals surface area contributed by atoms with E-state index < -0.39 is 11.6 Å². The number of morpholine rings is 1. The lowest BCUT2D eigenvalue weighted by atomic mass is 10.1. The van der Waals surface area contributed by atoms with Crippen LogP contribution in [0.15, 0.2) is 48.5 Å². The zero-order valence-electron chi connectivity index (χ0n) is 18.3. The average Bonchev–Trinajstić information content (AvgIpc) is 2.78. The maximum Gasteiger partial charge on any atom is 0.340 e. The number of carbonyl (C=O) groups is 2. The van der Waals surface area contributed by atoms with E-state index in [0.29, 0.717) is 49.9 Å². The zero-order valence-corrected chi connectivity index (χ0v) is 18.3. The molecule has 0 saturated carbocycles. The van der Waals surface area contributed by atoms with Crippen LogP contribution in [0.25, 0.3) is 0 Å². The van der Waals surface area contributed by atoms with Crippen molar-refractivity contribution in [2.75, 3.05) is 43.1 Å². The van der Waals surface area contributed by atoms with Gasteiger partial charge < -0.3 is 24.4 Å². The topological polar surface area (TPSA) is 77.1 Å². The molecule has 31 heavy (non-hydrogen) atoms. The first-order valence-corrected chi connectivity index (χ1v) is 10.6. The Kier molecular flexibility index (Phi) is 7.52. The molecule has 2 aromatic carbocycles. The van der Waals surface area contributed by atoms with Crippen LogP contribution in [-0.4, -0.2) is 50.4 Å². The van der Waals surface area contributed by atoms with Crippen LogP contribution in [-0.2, 0) is 14.3 Å². The third kappa shape index (κ3) is 5.98. The molecule has 0 aliphatic carbocycles. The number of hydrogen-bond acceptors (Lipinski definition) is 6. The predicted octanol–water partition coefficient (Wildman–Crippen LogP) is 3.89. The van der Waals surface area contributed by atoms with Crippen molar-refractivity contribution in [1.29, 1.82) is 0 Å². The van der Waals surface area contributed by atoms with Gasteiger partial charge in [0.05, 0.1) is 31.1 Å². The quantitative estimate of drug-likeness (QED) is 0.646. The number of anilines is 2. The van der Waals surface area contributed by atoms with Crippen molar-refractivity contribution in [3.8, 4) is 5.75 Å². The highest BCUT2D eigenvalue weighted by Gasteiger charge is 2.30. The summed E-state index contributed by atoms with van der Waals surface area (Å²) in [7, 11) is 0. The van der Waals surface area contributed by atoms with Crippen LogP contribution < -0.4 is 15.0 Å². The molecule has 1 aliphatic heterocycles. The third-order valence-corrected chi connectivity index (χ3v) is 4.93. The van der Waals surface area contributed by atoms with E-state index in [0.717, 1.165) is 12.1 Å². The van der Waals surface area contributed by atoms with Crippen molar-refractivity contribution in [3.05, 3.63) is 54.1 Å². The molecular weight excluding hydrogens is 396 g/mol. The van der Waals surface area contributed by atoms with Crippen LogP contribution in [0.4, 0.5) is 11.4 Å². The lowest BCUT2D eigenvalue weighted by molar-refractivity contribution is -0.128. The third-order valence-electron chi connectivity index (χ3n) is 4.93. The molecule has 1 aliphatic rings. The van der Waals surface area contributed by atoms with E-state index in [1.54, 1.807) is 38.1 Å². The second-order valence-corrected chi connectivity index (χ2v) is 7.85. The fourth-order valence-corrected chi connectivity index (χ4v) is 3.24. The zero-order chi connectivity index (χ0) is 22.3. The molecule has 0 unspecified atom stereocenters. The normalized spacial score (nSPS) is 14.1. The Morgan fingerprint density at radius 1 is 1.10 bits per heavy atom. The van der Waals surface area contributed by atoms with Crippen molar-refractivity contribution in [2.45, 2.75) is 32.8 Å². The number of hydrogen-bond donors (Lipinski definition) is 1. The highest BCUT2D eigenvalue weighted by Crippen LogP contribution is 2.27. The van der Waals surface area contributed by atoms with Crippen LogP contribution in [0, 0.1) is 0 Å². The minimum absolute atomic E-state index is 0.316. The summed E-state index contributed by atoms with van der Waals surface area (Å²) < 4.78 is 16.7. The molecule has 1 fully saturated rings. The summed E-state index contributed by atoms with van der Waals surface area (Å²) >= 11 is 0. The predicted molar refractivity (Wildman–Crippen MR) is 120 cm³/mol. The monoisotopic (exact) mass is 426 g/mol. The van der Waals surface area contributed by atoms with Gasteiger partial charge in [0.15, 0.2) is 5.60 Å². The highest BCUT2D eigenvalue weighted by molar-refractivity contribution is 6.01. The van der Waals surface area contributed by atoms with Gasteiger partial charge >= 0.3 is 5.97 Å². The van der Waals surface area contributed by atoms with Gasteiger partial charge in [0.1, 0.15) is 5.75 Å². The molecular formula is C24H30N2O5. The first-order chi connectivity index (χ1) is 14.9. The fraction of sp³-hybridized carbons (Fsp3) is 0.417. The van der Waals surface area contributed by atoms with E-state index in [4.69, 9.17) is 14.2 Å². The standard InChI is InChI=1S/C24H30N2O5/c1-4-14-30-22(27)20-17-18(10-11-21(20)26-12-15-29-16-13-26)25-23(28)24(2,3)31-19-8-6-5-7-9-19/h5-11,17H,4,12-16H2,1-3H3,(H,25,28). The summed E-state index contributed by atoms with van der Waals surface area (Å²) in [5.41, 5.74) is 0.611. The Bertz CT molecular complexity index is 892. The van der Waals surface area contributed by atoms with E-state index in [2.05, 4.69) is 10.2 Å². The maximum absolute atomic E-state index is 12.9. The minimum Gasteiger partial charge on any atom is -0.478 e. The Morgan fingerprint density at radius 3 is 2.48 bits per heavy atom. The summed E-state index contributed by atoms with van der Waals surface area (Å²) in [6, 6.07) is 14.5. The molecule has 7 nitrogen and oxygen atoms in total. The van der Waals surface area contributed by atoms with Crippen LogP contribution in [0.5, 0.6) is 5.75 Å². The highest BCUT2D eigenvalue weighted by atomic mass is 16.5. The average molecular weight is 427 g/mol. The Balaban J connectivity index is 1.80. The number of para-hydroxylation sites is 1. The molecule has 1 amide bonds. The number of nitrogens with zero attached hydrogens (tertiary/aromatic N) is 1. The van der Waals surface area contributed by atoms with Crippen molar-refractivity contribution in [1.82, 2.24) is 0 Å². The minimum atomic E-state index is -1.10. The van der Waals surface area contributed by atoms with E-state index in [-0.39, 0.29) is 5.91 Å². The van der Waals surface area contributed by atoms with Crippen LogP contribution >= 0.6 is 0 Å². The number of esters is 1. The number of nitrogens with one attached hydrogen (secondary N) is 1. The molecule has 166 valence electrons. The largest absolute Gasteiger partial charge is 0.478 e. The SMILES string of the molecule is CCCOC(=O)c1cc(NC(=O)C(C)(C)Oc2ccccc2)ccc1N1CCOCC1. The van der Waals surface area contributed by atoms with Crippen molar-refractivity contribution >= 4 is 23.3 Å². The Morgan fingerprint density at radius 2 is 1.81 bits per heavy atom. The maximum atomic E-state index is 12.9. The van der Waals surface area contributed by atoms with Gasteiger partial charge in [-0.1, -0.05) is 25.1 Å². The smallest absolute Gasteiger partial charge is 0.340 e. The number of amides is 1. The van der Waals surface area contributed by atoms with E-state index in [1.165, 1.54) is 0 Å². The van der Waals surface area contributed by atoms with Gasteiger partial charge in [0.2, 0.25) is 0 Å². The first kappa shape index (κ1) is 22.6. The van der Waals surface area contributed by atoms with Gasteiger partial charge in [0, 0.05) is 18.8 Å². The molecule has 0 bridgehead atoms. The van der Waals surface area contributed by atoms with Gasteiger partial charge in [0.25, 0.3) is 5.91 Å². The van der Waals surface area contributed by atoms with Crippen molar-refractivity contribution in [3.63, 3.8) is 0 Å². The lowest BCUT2D eigenvalue weighted by Gasteiger charge is -2.30. The van der Waals surface area contributed by atoms with E-state index >= 15 is 0 Å². The Labute approximate surface area is 183 Å². The lowest BCUT2D eigenvalue weighted by Crippen LogP contribution is -2.42. The van der Waals surface area contributed by atoms with Crippen molar-refractivity contribution < 1.29 is 23.8 Å². The molecule has 0 spiro atoms. The first-order valence-electron chi connectivity index (χ1n) is 10.6. The summed E-state index contributed by atoms with van der Waals surface area (Å²) in [6.07, 6.45) is 0.736. The molecule has 0 atom stereocenters. The number of carbonyl (C=O) groups excluding carboxylic acids is 2. The number of rotatable bonds is 8. The molecule has 1 N–H and O–H groups in total. The second-order valence-electron chi connectivity index (χ2n) is 7.85. The summed E-state index contributed by atoms with van der Waals surface area (Å²) in [4.78, 5) is 27.7. The van der Waals surface area contributed by atoms with Crippen molar-refractivity contribution in [2.24, 2.45) is 0 Å². The second kappa shape index (κ2) is 10.3. The van der Waals surface area contributed by atoms with E-state index in [1.807, 2.05) is 31.2 Å². The van der Waals surface area contributed by atoms with Gasteiger partial charge in [-0.05, 0) is 50.6 Å². The molecule has 0 aromatic heterocycles. The molecule has 3 rings (SSSR count). The van der Waals surface area contributed by atoms with Gasteiger partial charge in [-0.15, -0.1) is 0 Å². The molecule has 1 saturated heterocycles. The fourth-order valence-electron chi connectivity index (χ4n) is 3.24. The molecule has 1 heterocycles. The molecule has 2 aromatic rings. The molecule has 7 heteroatoms. The van der Waals surface area contributed by atoms with E-state index in [9.17, 15) is 9.59 Å². The van der Waals surface area contributed by atoms with Crippen LogP contribution in [0.1, 0.15) is 37.6 Å². The van der Waals surface area contributed by atoms with Gasteiger partial charge in [-0.25, -0.2) is 4.79 Å². The Hall–Kier alpha value is -3.06. The van der Waals surface area contributed by atoms with Gasteiger partial charge in [-0.3, -0.25) is 4.79 Å². The number of benzene rings is 2. The van der Waals surface area contributed by atoms with Gasteiger partial charge in [-0.2, -0.15) is 0 Å². The summed E-state index contributed by atoms with van der Waals surface area (Å²) in [6.45, 7) is 8.29. The summed E-state index contributed by atoms with van der Waals surface area (Å²) in [5, 5.41) is 2.87. The van der Waals surface area contributed by atoms with Crippen LogP contribution in [0.3, 0.4) is 0 Å². The summed E-state index contributed by atoms with van der Waals surface area (Å²) in [5.74, 6) is -0.114.